The Balaban J connectivity index is -0.000000174. The molecule has 3 N–H and O–H groups in total. The van der Waals surface area contributed by atoms with Gasteiger partial charge in [-0.2, -0.15) is 0 Å². The fourth-order valence-corrected chi connectivity index (χ4v) is 0.0833. The summed E-state index contributed by atoms with van der Waals surface area (Å²) in [6, 6.07) is 0. The van der Waals surface area contributed by atoms with Gasteiger partial charge in [0, 0.05) is 12.2 Å². The summed E-state index contributed by atoms with van der Waals surface area (Å²) in [7, 11) is 1.31. The number of ether oxygens (including phenoxy) is 1. The maximum atomic E-state index is 9.84. The number of hydrogen-bond donors (Lipinski definition) is 3. The summed E-state index contributed by atoms with van der Waals surface area (Å²) in [6.07, 6.45) is 0.759. The lowest BCUT2D eigenvalue weighted by molar-refractivity contribution is -0.135. The van der Waals surface area contributed by atoms with Crippen LogP contribution < -0.4 is 0 Å². The Morgan fingerprint density at radius 2 is 1.41 bits per heavy atom. The van der Waals surface area contributed by atoms with Crippen molar-refractivity contribution in [3.05, 3.63) is 25.3 Å². The van der Waals surface area contributed by atoms with Crippen molar-refractivity contribution in [2.75, 3.05) is 7.11 Å². The molecule has 0 heterocycles. The van der Waals surface area contributed by atoms with Crippen molar-refractivity contribution in [1.29, 1.82) is 0 Å². The zero-order valence-electron chi connectivity index (χ0n) is 10.3. The zero-order valence-corrected chi connectivity index (χ0v) is 10.3. The fraction of sp³-hybridized carbons (Fsp3) is 0.455. The minimum absolute atomic E-state index is 0.394. The summed E-state index contributed by atoms with van der Waals surface area (Å²) >= 11 is 0. The highest BCUT2D eigenvalue weighted by Crippen LogP contribution is 1.85. The van der Waals surface area contributed by atoms with E-state index < -0.39 is 24.1 Å². The Kier molecular flexibility index (Phi) is 17.5. The number of hydrogen-bond acceptors (Lipinski definition) is 5. The first-order valence-corrected chi connectivity index (χ1v) is 4.64. The molecule has 0 saturated heterocycles. The Morgan fingerprint density at radius 3 is 1.41 bits per heavy atom. The highest BCUT2D eigenvalue weighted by atomic mass is 16.5. The van der Waals surface area contributed by atoms with Gasteiger partial charge in [0.25, 0.3) is 0 Å². The Labute approximate surface area is 101 Å². The number of aliphatic hydroxyl groups is 2. The number of aliphatic hydroxyl groups excluding tert-OH is 2. The molecule has 0 aliphatic heterocycles. The molecule has 0 fully saturated rings. The molecule has 0 aliphatic carbocycles. The number of carbonyl (C=O) groups is 2. The molecule has 0 bridgehead atoms. The maximum absolute atomic E-state index is 9.84. The number of methoxy groups -OCH3 is 1. The van der Waals surface area contributed by atoms with Crippen molar-refractivity contribution in [1.82, 2.24) is 0 Å². The molecule has 0 saturated carbocycles. The number of esters is 1. The molecule has 17 heavy (non-hydrogen) atoms. The predicted octanol–water partition coefficient (Wildman–Crippen LogP) is 0.350. The average Bonchev–Trinajstić information content (AvgIpc) is 2.29. The summed E-state index contributed by atoms with van der Waals surface area (Å²) in [5.74, 6) is -1.37. The zero-order chi connectivity index (χ0) is 14.4. The normalized spacial score (nSPS) is 11.4. The number of aliphatic carboxylic acids is 1. The van der Waals surface area contributed by atoms with E-state index in [1.807, 2.05) is 0 Å². The van der Waals surface area contributed by atoms with Crippen LogP contribution in [0.15, 0.2) is 25.3 Å². The molecule has 0 aromatic heterocycles. The highest BCUT2D eigenvalue weighted by molar-refractivity contribution is 5.80. The molecular formula is C11H20O6. The summed E-state index contributed by atoms with van der Waals surface area (Å²) in [4.78, 5) is 19.1. The highest BCUT2D eigenvalue weighted by Gasteiger charge is 1.99. The van der Waals surface area contributed by atoms with E-state index in [4.69, 9.17) is 15.3 Å². The molecule has 0 radical (unpaired) electrons. The van der Waals surface area contributed by atoms with Gasteiger partial charge in [-0.25, -0.2) is 9.59 Å². The predicted molar refractivity (Wildman–Crippen MR) is 63.4 cm³/mol. The molecule has 0 spiro atoms. The Hall–Kier alpha value is -1.66. The molecule has 0 rings (SSSR count). The number of carbonyl (C=O) groups excluding carboxylic acids is 1. The monoisotopic (exact) mass is 248 g/mol. The van der Waals surface area contributed by atoms with Crippen LogP contribution in [0, 0.1) is 0 Å². The van der Waals surface area contributed by atoms with Crippen LogP contribution in [0.1, 0.15) is 13.8 Å². The van der Waals surface area contributed by atoms with Crippen molar-refractivity contribution in [2.24, 2.45) is 0 Å². The van der Waals surface area contributed by atoms with Gasteiger partial charge in [0.15, 0.2) is 0 Å². The number of rotatable bonds is 3. The number of carboxylic acid groups (broad SMARTS) is 1. The van der Waals surface area contributed by atoms with Gasteiger partial charge in [0.2, 0.25) is 0 Å². The topological polar surface area (TPSA) is 104 Å². The van der Waals surface area contributed by atoms with E-state index in [-0.39, 0.29) is 0 Å². The second-order valence-corrected chi connectivity index (χ2v) is 2.75. The molecule has 2 unspecified atom stereocenters. The molecular weight excluding hydrogens is 228 g/mol. The molecule has 0 aromatic carbocycles. The first kappa shape index (κ1) is 20.7. The van der Waals surface area contributed by atoms with Gasteiger partial charge >= 0.3 is 11.9 Å². The lowest BCUT2D eigenvalue weighted by Crippen LogP contribution is -2.17. The van der Waals surface area contributed by atoms with E-state index in [1.54, 1.807) is 13.8 Å². The van der Waals surface area contributed by atoms with Crippen LogP contribution in [-0.2, 0) is 14.3 Å². The third-order valence-electron chi connectivity index (χ3n) is 1.24. The van der Waals surface area contributed by atoms with Gasteiger partial charge in [0.05, 0.1) is 19.3 Å². The average molecular weight is 248 g/mol. The molecule has 0 aromatic rings. The third-order valence-corrected chi connectivity index (χ3v) is 1.24. The van der Waals surface area contributed by atoms with E-state index in [1.165, 1.54) is 7.11 Å². The van der Waals surface area contributed by atoms with Crippen LogP contribution in [0.3, 0.4) is 0 Å². The van der Waals surface area contributed by atoms with E-state index in [9.17, 15) is 9.59 Å². The summed E-state index contributed by atoms with van der Waals surface area (Å²) in [6.45, 7) is 9.21. The second kappa shape index (κ2) is 14.3. The molecule has 6 nitrogen and oxygen atoms in total. The number of carboxylic acids is 1. The lowest BCUT2D eigenvalue weighted by atomic mass is 10.3. The molecule has 2 atom stereocenters. The van der Waals surface area contributed by atoms with Gasteiger partial charge in [-0.1, -0.05) is 13.2 Å². The molecule has 0 aliphatic rings. The Morgan fingerprint density at radius 1 is 1.12 bits per heavy atom. The first-order chi connectivity index (χ1) is 7.72. The van der Waals surface area contributed by atoms with E-state index in [0.29, 0.717) is 0 Å². The first-order valence-electron chi connectivity index (χ1n) is 4.64. The van der Waals surface area contributed by atoms with Crippen LogP contribution in [0.2, 0.25) is 0 Å². The molecule has 100 valence electrons. The van der Waals surface area contributed by atoms with Crippen molar-refractivity contribution in [3.63, 3.8) is 0 Å². The smallest absolute Gasteiger partial charge is 0.329 e. The van der Waals surface area contributed by atoms with E-state index in [2.05, 4.69) is 17.9 Å². The minimum atomic E-state index is -0.981. The summed E-state index contributed by atoms with van der Waals surface area (Å²) < 4.78 is 4.14. The van der Waals surface area contributed by atoms with Crippen molar-refractivity contribution in [3.8, 4) is 0 Å². The Bertz CT molecular complexity index is 226. The van der Waals surface area contributed by atoms with Gasteiger partial charge in [0.1, 0.15) is 0 Å². The van der Waals surface area contributed by atoms with E-state index in [0.717, 1.165) is 12.2 Å². The quantitative estimate of drug-likeness (QED) is 0.492. The largest absolute Gasteiger partial charge is 0.478 e. The lowest BCUT2D eigenvalue weighted by Gasteiger charge is -2.03. The molecule has 6 heteroatoms. The van der Waals surface area contributed by atoms with Crippen LogP contribution in [0.4, 0.5) is 0 Å². The van der Waals surface area contributed by atoms with Crippen molar-refractivity contribution in [2.45, 2.75) is 26.1 Å². The third kappa shape index (κ3) is 31.4. The van der Waals surface area contributed by atoms with Crippen molar-refractivity contribution < 1.29 is 29.6 Å². The fourth-order valence-electron chi connectivity index (χ4n) is 0.0833. The maximum Gasteiger partial charge on any atom is 0.329 e. The van der Waals surface area contributed by atoms with Gasteiger partial charge in [-0.05, 0) is 13.8 Å². The standard InChI is InChI=1S/C4H6O2.C4H10O2.C3H4O2/c1-3-4(5)6-2;1-3(5)4(2)6;1-2-3(4)5/h3H,1H2,2H3;3-6H,1-2H3;2H,1H2,(H,4,5). The van der Waals surface area contributed by atoms with Crippen molar-refractivity contribution >= 4 is 11.9 Å². The van der Waals surface area contributed by atoms with Gasteiger partial charge < -0.3 is 20.1 Å². The van der Waals surface area contributed by atoms with E-state index >= 15 is 0 Å². The second-order valence-electron chi connectivity index (χ2n) is 2.75. The van der Waals surface area contributed by atoms with Gasteiger partial charge in [-0.15, -0.1) is 0 Å². The van der Waals surface area contributed by atoms with Gasteiger partial charge in [-0.3, -0.25) is 0 Å². The van der Waals surface area contributed by atoms with Crippen LogP contribution in [0.25, 0.3) is 0 Å². The SMILES string of the molecule is C=CC(=O)O.C=CC(=O)OC.CC(O)C(C)O. The summed E-state index contributed by atoms with van der Waals surface area (Å²) in [5.41, 5.74) is 0. The van der Waals surface area contributed by atoms with Crippen LogP contribution in [-0.4, -0.2) is 46.6 Å². The minimum Gasteiger partial charge on any atom is -0.478 e. The van der Waals surface area contributed by atoms with Crippen LogP contribution >= 0.6 is 0 Å². The van der Waals surface area contributed by atoms with Crippen LogP contribution in [0.5, 0.6) is 0 Å². The molecule has 0 amide bonds. The summed E-state index contributed by atoms with van der Waals surface area (Å²) in [5, 5.41) is 24.4.